The van der Waals surface area contributed by atoms with Crippen LogP contribution in [0.4, 0.5) is 0 Å². The third-order valence-corrected chi connectivity index (χ3v) is 4.74. The number of rotatable bonds is 4. The van der Waals surface area contributed by atoms with Crippen molar-refractivity contribution < 1.29 is 0 Å². The first-order valence-corrected chi connectivity index (χ1v) is 8.07. The van der Waals surface area contributed by atoms with Gasteiger partial charge in [-0.25, -0.2) is 0 Å². The monoisotopic (exact) mass is 318 g/mol. The number of benzene rings is 3. The molecular weight excluding hydrogens is 300 g/mol. The highest BCUT2D eigenvalue weighted by molar-refractivity contribution is 6.30. The molecule has 114 valence electrons. The molecule has 0 radical (unpaired) electrons. The molecule has 0 bridgehead atoms. The van der Waals surface area contributed by atoms with E-state index in [9.17, 15) is 0 Å². The average molecular weight is 319 g/mol. The maximum absolute atomic E-state index is 6.10. The van der Waals surface area contributed by atoms with Crippen LogP contribution in [0.25, 0.3) is 6.08 Å². The highest BCUT2D eigenvalue weighted by Crippen LogP contribution is 2.40. The van der Waals surface area contributed by atoms with E-state index in [-0.39, 0.29) is 5.41 Å². The van der Waals surface area contributed by atoms with E-state index in [1.165, 1.54) is 16.7 Å². The van der Waals surface area contributed by atoms with E-state index in [1.54, 1.807) is 0 Å². The van der Waals surface area contributed by atoms with Gasteiger partial charge in [-0.05, 0) is 41.3 Å². The molecule has 0 aliphatic carbocycles. The SMILES string of the molecule is C=Cc1ccccc1C(C)(c1ccccc1)c1ccc(Cl)cc1. The molecule has 0 aromatic heterocycles. The van der Waals surface area contributed by atoms with Crippen LogP contribution in [-0.4, -0.2) is 0 Å². The molecule has 0 aliphatic heterocycles. The van der Waals surface area contributed by atoms with Gasteiger partial charge >= 0.3 is 0 Å². The van der Waals surface area contributed by atoms with E-state index in [2.05, 4.69) is 68.1 Å². The minimum Gasteiger partial charge on any atom is -0.0985 e. The van der Waals surface area contributed by atoms with Gasteiger partial charge in [0.1, 0.15) is 0 Å². The molecular formula is C22H19Cl. The molecule has 0 aliphatic rings. The van der Waals surface area contributed by atoms with Gasteiger partial charge in [-0.1, -0.05) is 91.0 Å². The Bertz CT molecular complexity index is 803. The lowest BCUT2D eigenvalue weighted by Crippen LogP contribution is -2.26. The Labute approximate surface area is 143 Å². The molecule has 23 heavy (non-hydrogen) atoms. The van der Waals surface area contributed by atoms with Crippen molar-refractivity contribution in [1.82, 2.24) is 0 Å². The summed E-state index contributed by atoms with van der Waals surface area (Å²) < 4.78 is 0. The molecule has 3 aromatic carbocycles. The van der Waals surface area contributed by atoms with Crippen LogP contribution in [0.15, 0.2) is 85.4 Å². The van der Waals surface area contributed by atoms with Crippen molar-refractivity contribution in [3.63, 3.8) is 0 Å². The van der Waals surface area contributed by atoms with E-state index in [0.29, 0.717) is 0 Å². The van der Waals surface area contributed by atoms with Gasteiger partial charge in [-0.2, -0.15) is 0 Å². The average Bonchev–Trinajstić information content (AvgIpc) is 2.62. The van der Waals surface area contributed by atoms with Crippen molar-refractivity contribution >= 4 is 17.7 Å². The Morgan fingerprint density at radius 2 is 1.35 bits per heavy atom. The van der Waals surface area contributed by atoms with Crippen LogP contribution in [0.2, 0.25) is 5.02 Å². The van der Waals surface area contributed by atoms with Crippen molar-refractivity contribution in [2.45, 2.75) is 12.3 Å². The second-order valence-corrected chi connectivity index (χ2v) is 6.23. The molecule has 0 N–H and O–H groups in total. The summed E-state index contributed by atoms with van der Waals surface area (Å²) in [5.41, 5.74) is 4.58. The first-order valence-electron chi connectivity index (χ1n) is 7.70. The van der Waals surface area contributed by atoms with E-state index < -0.39 is 0 Å². The molecule has 1 atom stereocenters. The standard InChI is InChI=1S/C22H19Cl/c1-3-17-9-7-8-12-21(17)22(2,18-10-5-4-6-11-18)19-13-15-20(23)16-14-19/h3-16H,1H2,2H3. The summed E-state index contributed by atoms with van der Waals surface area (Å²) in [6.07, 6.45) is 1.92. The Balaban J connectivity index is 2.30. The molecule has 0 heterocycles. The van der Waals surface area contributed by atoms with Crippen LogP contribution in [0, 0.1) is 0 Å². The Morgan fingerprint density at radius 3 is 2.00 bits per heavy atom. The summed E-state index contributed by atoms with van der Waals surface area (Å²) in [5, 5.41) is 0.751. The van der Waals surface area contributed by atoms with Crippen molar-refractivity contribution in [3.05, 3.63) is 113 Å². The van der Waals surface area contributed by atoms with E-state index in [1.807, 2.05) is 30.3 Å². The summed E-state index contributed by atoms with van der Waals surface area (Å²) >= 11 is 6.10. The first-order chi connectivity index (χ1) is 11.2. The number of hydrogen-bond acceptors (Lipinski definition) is 0. The lowest BCUT2D eigenvalue weighted by atomic mass is 9.69. The van der Waals surface area contributed by atoms with E-state index >= 15 is 0 Å². The van der Waals surface area contributed by atoms with Gasteiger partial charge in [0.05, 0.1) is 0 Å². The van der Waals surface area contributed by atoms with Gasteiger partial charge in [-0.15, -0.1) is 0 Å². The predicted octanol–water partition coefficient (Wildman–Crippen LogP) is 6.34. The molecule has 0 saturated carbocycles. The lowest BCUT2D eigenvalue weighted by Gasteiger charge is -2.33. The lowest BCUT2D eigenvalue weighted by molar-refractivity contribution is 0.691. The van der Waals surface area contributed by atoms with Gasteiger partial charge in [0.2, 0.25) is 0 Å². The summed E-state index contributed by atoms with van der Waals surface area (Å²) in [6, 6.07) is 27.1. The third-order valence-electron chi connectivity index (χ3n) is 4.49. The molecule has 3 rings (SSSR count). The van der Waals surface area contributed by atoms with Gasteiger partial charge in [0.15, 0.2) is 0 Å². The van der Waals surface area contributed by atoms with Crippen molar-refractivity contribution in [2.75, 3.05) is 0 Å². The van der Waals surface area contributed by atoms with E-state index in [4.69, 9.17) is 11.6 Å². The van der Waals surface area contributed by atoms with Gasteiger partial charge in [0.25, 0.3) is 0 Å². The van der Waals surface area contributed by atoms with Crippen LogP contribution in [-0.2, 0) is 5.41 Å². The Kier molecular flexibility index (Phi) is 4.36. The summed E-state index contributed by atoms with van der Waals surface area (Å²) in [6.45, 7) is 6.24. The second-order valence-electron chi connectivity index (χ2n) is 5.79. The van der Waals surface area contributed by atoms with Gasteiger partial charge < -0.3 is 0 Å². The fourth-order valence-corrected chi connectivity index (χ4v) is 3.29. The molecule has 0 amide bonds. The van der Waals surface area contributed by atoms with Crippen LogP contribution < -0.4 is 0 Å². The zero-order valence-electron chi connectivity index (χ0n) is 13.2. The Hall–Kier alpha value is -2.31. The van der Waals surface area contributed by atoms with Crippen LogP contribution in [0.3, 0.4) is 0 Å². The normalized spacial score (nSPS) is 13.3. The third kappa shape index (κ3) is 2.83. The quantitative estimate of drug-likeness (QED) is 0.492. The molecule has 1 unspecified atom stereocenters. The summed E-state index contributed by atoms with van der Waals surface area (Å²) in [5.74, 6) is 0. The predicted molar refractivity (Wildman–Crippen MR) is 100.0 cm³/mol. The molecule has 0 fully saturated rings. The van der Waals surface area contributed by atoms with Gasteiger partial charge in [0, 0.05) is 10.4 Å². The zero-order valence-corrected chi connectivity index (χ0v) is 13.9. The largest absolute Gasteiger partial charge is 0.0985 e. The minimum atomic E-state index is -0.267. The van der Waals surface area contributed by atoms with Crippen molar-refractivity contribution in [2.24, 2.45) is 0 Å². The Morgan fingerprint density at radius 1 is 0.783 bits per heavy atom. The van der Waals surface area contributed by atoms with E-state index in [0.717, 1.165) is 10.6 Å². The smallest absolute Gasteiger partial charge is 0.0429 e. The topological polar surface area (TPSA) is 0 Å². The van der Waals surface area contributed by atoms with Crippen LogP contribution >= 0.6 is 11.6 Å². The summed E-state index contributed by atoms with van der Waals surface area (Å²) in [7, 11) is 0. The molecule has 3 aromatic rings. The molecule has 0 nitrogen and oxygen atoms in total. The fraction of sp³-hybridized carbons (Fsp3) is 0.0909. The molecule has 0 saturated heterocycles. The number of hydrogen-bond donors (Lipinski definition) is 0. The van der Waals surface area contributed by atoms with Crippen LogP contribution in [0.5, 0.6) is 0 Å². The maximum atomic E-state index is 6.10. The van der Waals surface area contributed by atoms with Gasteiger partial charge in [-0.3, -0.25) is 0 Å². The zero-order chi connectivity index (χ0) is 16.3. The molecule has 1 heteroatoms. The highest BCUT2D eigenvalue weighted by atomic mass is 35.5. The first kappa shape index (κ1) is 15.6. The maximum Gasteiger partial charge on any atom is 0.0429 e. The second kappa shape index (κ2) is 6.44. The molecule has 0 spiro atoms. The fourth-order valence-electron chi connectivity index (χ4n) is 3.16. The minimum absolute atomic E-state index is 0.267. The van der Waals surface area contributed by atoms with Crippen molar-refractivity contribution in [1.29, 1.82) is 0 Å². The summed E-state index contributed by atoms with van der Waals surface area (Å²) in [4.78, 5) is 0. The number of halogens is 1. The van der Waals surface area contributed by atoms with Crippen LogP contribution in [0.1, 0.15) is 29.2 Å². The highest BCUT2D eigenvalue weighted by Gasteiger charge is 2.32. The van der Waals surface area contributed by atoms with Crippen molar-refractivity contribution in [3.8, 4) is 0 Å².